The lowest BCUT2D eigenvalue weighted by molar-refractivity contribution is -0.163. The van der Waals surface area contributed by atoms with Gasteiger partial charge in [0.2, 0.25) is 0 Å². The average Bonchev–Trinajstić information content (AvgIpc) is 1.99. The van der Waals surface area contributed by atoms with E-state index in [-0.39, 0.29) is 12.6 Å². The molecule has 0 radical (unpaired) electrons. The molecule has 1 atom stereocenters. The van der Waals surface area contributed by atoms with Crippen LogP contribution in [-0.2, 0) is 9.53 Å². The highest BCUT2D eigenvalue weighted by molar-refractivity contribution is 5.78. The van der Waals surface area contributed by atoms with Crippen molar-refractivity contribution in [1.82, 2.24) is 4.90 Å². The van der Waals surface area contributed by atoms with Crippen LogP contribution in [-0.4, -0.2) is 54.4 Å². The smallest absolute Gasteiger partial charge is 0.338 e. The molecule has 1 aliphatic heterocycles. The molecular weight excluding hydrogens is 172 g/mol. The first kappa shape index (κ1) is 10.4. The number of carbonyl (C=O) groups is 1. The van der Waals surface area contributed by atoms with E-state index in [0.29, 0.717) is 0 Å². The van der Waals surface area contributed by atoms with Crippen LogP contribution in [0.1, 0.15) is 6.92 Å². The van der Waals surface area contributed by atoms with E-state index in [1.165, 1.54) is 14.0 Å². The highest BCUT2D eigenvalue weighted by atomic mass is 16.5. The Balaban J connectivity index is 2.38. The summed E-state index contributed by atoms with van der Waals surface area (Å²) in [5, 5.41) is 9.65. The van der Waals surface area contributed by atoms with Crippen molar-refractivity contribution in [2.45, 2.75) is 18.6 Å². The minimum atomic E-state index is -1.42. The molecular formula is C8H16N2O3. The van der Waals surface area contributed by atoms with Gasteiger partial charge in [0, 0.05) is 25.7 Å². The number of hydrogen-bond donors (Lipinski definition) is 2. The van der Waals surface area contributed by atoms with E-state index in [1.807, 2.05) is 4.90 Å². The van der Waals surface area contributed by atoms with Gasteiger partial charge in [-0.2, -0.15) is 0 Å². The van der Waals surface area contributed by atoms with Crippen LogP contribution in [0, 0.1) is 0 Å². The third kappa shape index (κ3) is 2.40. The van der Waals surface area contributed by atoms with Crippen molar-refractivity contribution < 1.29 is 14.6 Å². The molecule has 0 spiro atoms. The first-order chi connectivity index (χ1) is 5.95. The van der Waals surface area contributed by atoms with E-state index < -0.39 is 11.6 Å². The molecule has 1 unspecified atom stereocenters. The summed E-state index contributed by atoms with van der Waals surface area (Å²) < 4.78 is 4.46. The van der Waals surface area contributed by atoms with Gasteiger partial charge >= 0.3 is 5.97 Å². The van der Waals surface area contributed by atoms with Crippen molar-refractivity contribution >= 4 is 5.97 Å². The summed E-state index contributed by atoms with van der Waals surface area (Å²) in [5.41, 5.74) is 4.14. The normalized spacial score (nSPS) is 23.4. The molecule has 0 aromatic heterocycles. The van der Waals surface area contributed by atoms with Gasteiger partial charge in [0.05, 0.1) is 7.11 Å². The molecule has 1 heterocycles. The lowest BCUT2D eigenvalue weighted by atomic mass is 10.0. The maximum absolute atomic E-state index is 11.1. The molecule has 0 saturated carbocycles. The number of ether oxygens (including phenoxy) is 1. The van der Waals surface area contributed by atoms with Gasteiger partial charge in [-0.1, -0.05) is 0 Å². The van der Waals surface area contributed by atoms with E-state index >= 15 is 0 Å². The number of hydrogen-bond acceptors (Lipinski definition) is 5. The lowest BCUT2D eigenvalue weighted by Crippen LogP contribution is -2.60. The Kier molecular flexibility index (Phi) is 2.90. The minimum Gasteiger partial charge on any atom is -0.467 e. The topological polar surface area (TPSA) is 75.8 Å². The molecule has 1 rings (SSSR count). The third-order valence-electron chi connectivity index (χ3n) is 2.14. The molecule has 5 heteroatoms. The monoisotopic (exact) mass is 188 g/mol. The summed E-state index contributed by atoms with van der Waals surface area (Å²) in [6, 6.07) is 0.174. The van der Waals surface area contributed by atoms with E-state index in [0.717, 1.165) is 13.1 Å². The van der Waals surface area contributed by atoms with Gasteiger partial charge in [-0.25, -0.2) is 4.79 Å². The third-order valence-corrected chi connectivity index (χ3v) is 2.14. The maximum atomic E-state index is 11.1. The summed E-state index contributed by atoms with van der Waals surface area (Å²) in [6.07, 6.45) is 0. The Labute approximate surface area is 77.5 Å². The molecule has 76 valence electrons. The van der Waals surface area contributed by atoms with Gasteiger partial charge in [-0.05, 0) is 6.92 Å². The highest BCUT2D eigenvalue weighted by Crippen LogP contribution is 2.13. The second-order valence-electron chi connectivity index (χ2n) is 3.72. The van der Waals surface area contributed by atoms with Crippen LogP contribution >= 0.6 is 0 Å². The van der Waals surface area contributed by atoms with Gasteiger partial charge in [0.15, 0.2) is 5.60 Å². The Morgan fingerprint density at radius 3 is 2.69 bits per heavy atom. The predicted octanol–water partition coefficient (Wildman–Crippen LogP) is -1.45. The van der Waals surface area contributed by atoms with Crippen LogP contribution in [0.3, 0.4) is 0 Å². The molecule has 0 aromatic rings. The van der Waals surface area contributed by atoms with Gasteiger partial charge in [0.1, 0.15) is 0 Å². The number of rotatable bonds is 3. The summed E-state index contributed by atoms with van der Waals surface area (Å²) in [7, 11) is 1.26. The van der Waals surface area contributed by atoms with Crippen molar-refractivity contribution in [3.8, 4) is 0 Å². The molecule has 3 N–H and O–H groups in total. The van der Waals surface area contributed by atoms with E-state index in [2.05, 4.69) is 4.74 Å². The average molecular weight is 188 g/mol. The van der Waals surface area contributed by atoms with Crippen molar-refractivity contribution in [1.29, 1.82) is 0 Å². The van der Waals surface area contributed by atoms with Gasteiger partial charge < -0.3 is 15.6 Å². The number of methoxy groups -OCH3 is 1. The maximum Gasteiger partial charge on any atom is 0.338 e. The minimum absolute atomic E-state index is 0.174. The van der Waals surface area contributed by atoms with Crippen LogP contribution in [0.25, 0.3) is 0 Å². The largest absolute Gasteiger partial charge is 0.467 e. The Bertz CT molecular complexity index is 200. The lowest BCUT2D eigenvalue weighted by Gasteiger charge is -2.39. The molecule has 0 aromatic carbocycles. The van der Waals surface area contributed by atoms with Crippen LogP contribution in [0.4, 0.5) is 0 Å². The summed E-state index contributed by atoms with van der Waals surface area (Å²) in [6.45, 7) is 3.19. The molecule has 1 saturated heterocycles. The predicted molar refractivity (Wildman–Crippen MR) is 47.1 cm³/mol. The van der Waals surface area contributed by atoms with Crippen molar-refractivity contribution in [3.63, 3.8) is 0 Å². The van der Waals surface area contributed by atoms with Crippen LogP contribution in [0.2, 0.25) is 0 Å². The molecule has 0 bridgehead atoms. The Hall–Kier alpha value is -0.650. The van der Waals surface area contributed by atoms with Crippen molar-refractivity contribution in [2.75, 3.05) is 26.7 Å². The van der Waals surface area contributed by atoms with Crippen LogP contribution in [0.5, 0.6) is 0 Å². The quantitative estimate of drug-likeness (QED) is 0.530. The van der Waals surface area contributed by atoms with Gasteiger partial charge in [-0.15, -0.1) is 0 Å². The van der Waals surface area contributed by atoms with Crippen molar-refractivity contribution in [3.05, 3.63) is 0 Å². The number of β-amino-alcohol motifs (C(OH)–C–C–N with tert-alkyl or cyclic N) is 1. The zero-order chi connectivity index (χ0) is 10.1. The SMILES string of the molecule is COC(=O)C(C)(O)CN1CC(N)C1. The molecule has 1 fully saturated rings. The van der Waals surface area contributed by atoms with E-state index in [9.17, 15) is 9.90 Å². The van der Waals surface area contributed by atoms with Crippen molar-refractivity contribution in [2.24, 2.45) is 5.73 Å². The number of aliphatic hydroxyl groups is 1. The van der Waals surface area contributed by atoms with E-state index in [4.69, 9.17) is 5.73 Å². The number of esters is 1. The number of likely N-dealkylation sites (tertiary alicyclic amines) is 1. The van der Waals surface area contributed by atoms with Gasteiger partial charge in [0.25, 0.3) is 0 Å². The van der Waals surface area contributed by atoms with Gasteiger partial charge in [-0.3, -0.25) is 4.90 Å². The summed E-state index contributed by atoms with van der Waals surface area (Å²) in [5.74, 6) is -0.604. The molecule has 0 aliphatic carbocycles. The number of nitrogens with zero attached hydrogens (tertiary/aromatic N) is 1. The fourth-order valence-corrected chi connectivity index (χ4v) is 1.46. The van der Waals surface area contributed by atoms with Crippen LogP contribution in [0.15, 0.2) is 0 Å². The summed E-state index contributed by atoms with van der Waals surface area (Å²) >= 11 is 0. The second kappa shape index (κ2) is 3.61. The fourth-order valence-electron chi connectivity index (χ4n) is 1.46. The first-order valence-electron chi connectivity index (χ1n) is 4.24. The summed E-state index contributed by atoms with van der Waals surface area (Å²) in [4.78, 5) is 13.0. The first-order valence-corrected chi connectivity index (χ1v) is 4.24. The Morgan fingerprint density at radius 2 is 2.31 bits per heavy atom. The van der Waals surface area contributed by atoms with Crippen LogP contribution < -0.4 is 5.73 Å². The molecule has 1 aliphatic rings. The standard InChI is InChI=1S/C8H16N2O3/c1-8(12,7(11)13-2)5-10-3-6(9)4-10/h6,12H,3-5,9H2,1-2H3. The van der Waals surface area contributed by atoms with E-state index in [1.54, 1.807) is 0 Å². The molecule has 0 amide bonds. The Morgan fingerprint density at radius 1 is 1.77 bits per heavy atom. The number of carbonyl (C=O) groups excluding carboxylic acids is 1. The fraction of sp³-hybridized carbons (Fsp3) is 0.875. The highest BCUT2D eigenvalue weighted by Gasteiger charge is 2.37. The second-order valence-corrected chi connectivity index (χ2v) is 3.72. The molecule has 5 nitrogen and oxygen atoms in total. The zero-order valence-electron chi connectivity index (χ0n) is 7.99. The zero-order valence-corrected chi connectivity index (χ0v) is 7.99. The molecule has 13 heavy (non-hydrogen) atoms. The number of nitrogens with two attached hydrogens (primary N) is 1.